The van der Waals surface area contributed by atoms with Crippen LogP contribution in [-0.4, -0.2) is 16.2 Å². The van der Waals surface area contributed by atoms with Crippen LogP contribution in [0.25, 0.3) is 0 Å². The molecule has 0 heterocycles. The van der Waals surface area contributed by atoms with Crippen LogP contribution in [0.1, 0.15) is 159 Å². The lowest BCUT2D eigenvalue weighted by atomic mass is 9.81. The Morgan fingerprint density at radius 1 is 0.794 bits per heavy atom. The topological polar surface area (TPSA) is 57.5 Å². The minimum absolute atomic E-state index is 0.0138. The highest BCUT2D eigenvalue weighted by molar-refractivity contribution is 5.68. The van der Waals surface area contributed by atoms with Gasteiger partial charge in [-0.2, -0.15) is 0 Å². The van der Waals surface area contributed by atoms with Crippen molar-refractivity contribution >= 4 is 5.97 Å². The zero-order valence-corrected chi connectivity index (χ0v) is 23.1. The van der Waals surface area contributed by atoms with Crippen molar-refractivity contribution in [2.75, 3.05) is 0 Å². The second-order valence-electron chi connectivity index (χ2n) is 11.5. The van der Waals surface area contributed by atoms with E-state index >= 15 is 0 Å². The molecule has 0 saturated heterocycles. The summed E-state index contributed by atoms with van der Waals surface area (Å²) in [5.41, 5.74) is 2.64. The molecule has 3 nitrogen and oxygen atoms in total. The maximum atomic E-state index is 11.5. The van der Waals surface area contributed by atoms with E-state index in [0.717, 1.165) is 29.5 Å². The van der Waals surface area contributed by atoms with E-state index in [-0.39, 0.29) is 17.8 Å². The predicted molar refractivity (Wildman–Crippen MR) is 146 cm³/mol. The third kappa shape index (κ3) is 12.8. The van der Waals surface area contributed by atoms with E-state index in [1.165, 1.54) is 89.9 Å². The van der Waals surface area contributed by atoms with Crippen LogP contribution in [0, 0.1) is 6.92 Å². The van der Waals surface area contributed by atoms with Gasteiger partial charge in [0.25, 0.3) is 0 Å². The van der Waals surface area contributed by atoms with Crippen LogP contribution in [0.5, 0.6) is 5.75 Å². The van der Waals surface area contributed by atoms with Crippen molar-refractivity contribution in [2.24, 2.45) is 0 Å². The molecule has 0 spiro atoms. The van der Waals surface area contributed by atoms with Crippen molar-refractivity contribution in [3.05, 3.63) is 28.8 Å². The van der Waals surface area contributed by atoms with E-state index in [0.29, 0.717) is 5.75 Å². The van der Waals surface area contributed by atoms with E-state index < -0.39 is 5.97 Å². The molecule has 1 aromatic carbocycles. The summed E-state index contributed by atoms with van der Waals surface area (Å²) < 4.78 is 0. The van der Waals surface area contributed by atoms with Gasteiger partial charge in [0.05, 0.1) is 6.42 Å². The molecular formula is C31H54O3. The lowest BCUT2D eigenvalue weighted by molar-refractivity contribution is -0.137. The molecule has 1 rings (SSSR count). The molecule has 1 aromatic rings. The molecule has 0 aliphatic heterocycles. The predicted octanol–water partition coefficient (Wildman–Crippen LogP) is 9.82. The first-order chi connectivity index (χ1) is 16.2. The van der Waals surface area contributed by atoms with Crippen molar-refractivity contribution in [2.45, 2.75) is 155 Å². The highest BCUT2D eigenvalue weighted by atomic mass is 16.4. The second kappa shape index (κ2) is 17.0. The third-order valence-electron chi connectivity index (χ3n) is 7.18. The first-order valence-electron chi connectivity index (χ1n) is 14.2. The molecule has 0 bridgehead atoms. The van der Waals surface area contributed by atoms with Gasteiger partial charge >= 0.3 is 5.97 Å². The van der Waals surface area contributed by atoms with Gasteiger partial charge in [0.15, 0.2) is 0 Å². The van der Waals surface area contributed by atoms with Crippen LogP contribution in [0.2, 0.25) is 0 Å². The van der Waals surface area contributed by atoms with Gasteiger partial charge in [0.2, 0.25) is 0 Å². The molecule has 196 valence electrons. The first-order valence-corrected chi connectivity index (χ1v) is 14.2. The molecule has 1 atom stereocenters. The van der Waals surface area contributed by atoms with E-state index in [1.54, 1.807) is 0 Å². The minimum Gasteiger partial charge on any atom is -0.507 e. The molecule has 0 aliphatic carbocycles. The van der Waals surface area contributed by atoms with Crippen LogP contribution >= 0.6 is 0 Å². The van der Waals surface area contributed by atoms with Crippen molar-refractivity contribution in [3.8, 4) is 5.75 Å². The fourth-order valence-corrected chi connectivity index (χ4v) is 4.97. The lowest BCUT2D eigenvalue weighted by Crippen LogP contribution is -2.14. The van der Waals surface area contributed by atoms with Gasteiger partial charge in [-0.15, -0.1) is 0 Å². The number of aliphatic carboxylic acids is 1. The Balaban J connectivity index is 2.30. The minimum atomic E-state index is -0.742. The number of rotatable bonds is 19. The normalized spacial score (nSPS) is 12.7. The van der Waals surface area contributed by atoms with Gasteiger partial charge in [-0.1, -0.05) is 136 Å². The molecule has 0 amide bonds. The van der Waals surface area contributed by atoms with Crippen molar-refractivity contribution < 1.29 is 15.0 Å². The molecule has 0 fully saturated rings. The zero-order chi connectivity index (χ0) is 25.4. The Morgan fingerprint density at radius 3 is 1.65 bits per heavy atom. The number of aromatic hydroxyl groups is 1. The van der Waals surface area contributed by atoms with Crippen LogP contribution in [0.15, 0.2) is 12.1 Å². The summed E-state index contributed by atoms with van der Waals surface area (Å²) in [7, 11) is 0. The molecule has 34 heavy (non-hydrogen) atoms. The molecule has 3 heteroatoms. The number of hydrogen-bond acceptors (Lipinski definition) is 2. The summed E-state index contributed by atoms with van der Waals surface area (Å²) in [4.78, 5) is 11.5. The molecule has 0 radical (unpaired) electrons. The van der Waals surface area contributed by atoms with Crippen molar-refractivity contribution in [1.82, 2.24) is 0 Å². The summed E-state index contributed by atoms with van der Waals surface area (Å²) in [5.74, 6) is -0.383. The van der Waals surface area contributed by atoms with Crippen LogP contribution in [0.3, 0.4) is 0 Å². The monoisotopic (exact) mass is 474 g/mol. The van der Waals surface area contributed by atoms with E-state index in [2.05, 4.69) is 27.7 Å². The highest BCUT2D eigenvalue weighted by Gasteiger charge is 2.23. The van der Waals surface area contributed by atoms with Crippen LogP contribution in [-0.2, 0) is 10.2 Å². The SMILES string of the molecule is CCCCCCCCCCCCCCCCCC(CC(=O)O)c1cc(C)c(O)c(C(C)(C)C)c1. The highest BCUT2D eigenvalue weighted by Crippen LogP contribution is 2.37. The fourth-order valence-electron chi connectivity index (χ4n) is 4.97. The number of unbranched alkanes of at least 4 members (excludes halogenated alkanes) is 14. The van der Waals surface area contributed by atoms with Crippen molar-refractivity contribution in [1.29, 1.82) is 0 Å². The summed E-state index contributed by atoms with van der Waals surface area (Å²) in [5, 5.41) is 20.0. The van der Waals surface area contributed by atoms with Gasteiger partial charge in [-0.3, -0.25) is 4.79 Å². The molecule has 1 unspecified atom stereocenters. The Hall–Kier alpha value is -1.51. The summed E-state index contributed by atoms with van der Waals surface area (Å²) in [6.07, 6.45) is 21.1. The number of aryl methyl sites for hydroxylation is 1. The number of phenolic OH excluding ortho intramolecular Hbond substituents is 1. The average molecular weight is 475 g/mol. The molecule has 0 aliphatic rings. The van der Waals surface area contributed by atoms with E-state index in [1.807, 2.05) is 19.1 Å². The van der Waals surface area contributed by atoms with Gasteiger partial charge in [0, 0.05) is 0 Å². The largest absolute Gasteiger partial charge is 0.507 e. The molecule has 0 saturated carbocycles. The number of hydrogen-bond donors (Lipinski definition) is 2. The number of carboxylic acid groups (broad SMARTS) is 1. The van der Waals surface area contributed by atoms with Gasteiger partial charge < -0.3 is 10.2 Å². The maximum Gasteiger partial charge on any atom is 0.303 e. The van der Waals surface area contributed by atoms with Crippen molar-refractivity contribution in [3.63, 3.8) is 0 Å². The number of carbonyl (C=O) groups is 1. The Morgan fingerprint density at radius 2 is 1.24 bits per heavy atom. The fraction of sp³-hybridized carbons (Fsp3) is 0.774. The lowest BCUT2D eigenvalue weighted by Gasteiger charge is -2.25. The van der Waals surface area contributed by atoms with Gasteiger partial charge in [0.1, 0.15) is 5.75 Å². The maximum absolute atomic E-state index is 11.5. The quantitative estimate of drug-likeness (QED) is 0.196. The second-order valence-corrected chi connectivity index (χ2v) is 11.5. The van der Waals surface area contributed by atoms with Gasteiger partial charge in [-0.05, 0) is 41.4 Å². The van der Waals surface area contributed by atoms with E-state index in [4.69, 9.17) is 0 Å². The summed E-state index contributed by atoms with van der Waals surface area (Å²) in [6, 6.07) is 4.03. The van der Waals surface area contributed by atoms with Crippen LogP contribution in [0.4, 0.5) is 0 Å². The standard InChI is InChI=1S/C31H54O3/c1-6-7-8-9-10-11-12-13-14-15-16-17-18-19-20-21-26(24-29(32)33)27-22-25(2)30(34)28(23-27)31(3,4)5/h22-23,26,34H,6-21,24H2,1-5H3,(H,32,33). The summed E-state index contributed by atoms with van der Waals surface area (Å²) in [6.45, 7) is 10.5. The van der Waals surface area contributed by atoms with Crippen LogP contribution < -0.4 is 0 Å². The number of carboxylic acids is 1. The Labute approximate surface area is 210 Å². The Kier molecular flexibility index (Phi) is 15.3. The molecular weight excluding hydrogens is 420 g/mol. The average Bonchev–Trinajstić information content (AvgIpc) is 2.76. The number of phenols is 1. The molecule has 0 aromatic heterocycles. The summed E-state index contributed by atoms with van der Waals surface area (Å²) >= 11 is 0. The first kappa shape index (κ1) is 30.5. The smallest absolute Gasteiger partial charge is 0.303 e. The number of benzene rings is 1. The van der Waals surface area contributed by atoms with Gasteiger partial charge in [-0.25, -0.2) is 0 Å². The Bertz CT molecular complexity index is 687. The third-order valence-corrected chi connectivity index (χ3v) is 7.18. The van der Waals surface area contributed by atoms with E-state index in [9.17, 15) is 15.0 Å². The zero-order valence-electron chi connectivity index (χ0n) is 23.1. The molecule has 2 N–H and O–H groups in total.